The van der Waals surface area contributed by atoms with Gasteiger partial charge >= 0.3 is 0 Å². The van der Waals surface area contributed by atoms with E-state index >= 15 is 0 Å². The van der Waals surface area contributed by atoms with Crippen LogP contribution in [0.4, 0.5) is 0 Å². The fourth-order valence-electron chi connectivity index (χ4n) is 2.60. The average Bonchev–Trinajstić information content (AvgIpc) is 2.53. The summed E-state index contributed by atoms with van der Waals surface area (Å²) >= 11 is 6.10. The third-order valence-corrected chi connectivity index (χ3v) is 4.56. The van der Waals surface area contributed by atoms with Crippen molar-refractivity contribution in [2.24, 2.45) is 0 Å². The molecule has 0 radical (unpaired) electrons. The van der Waals surface area contributed by atoms with Crippen LogP contribution in [0.3, 0.4) is 0 Å². The van der Waals surface area contributed by atoms with Gasteiger partial charge in [0.1, 0.15) is 0 Å². The summed E-state index contributed by atoms with van der Waals surface area (Å²) in [4.78, 5) is 16.9. The van der Waals surface area contributed by atoms with Gasteiger partial charge < -0.3 is 10.2 Å². The molecule has 1 fully saturated rings. The Morgan fingerprint density at radius 2 is 1.95 bits per heavy atom. The van der Waals surface area contributed by atoms with Crippen LogP contribution in [-0.2, 0) is 11.3 Å². The molecule has 2 rings (SSSR count). The van der Waals surface area contributed by atoms with Crippen LogP contribution >= 0.6 is 11.6 Å². The number of carbonyl (C=O) groups excluding carboxylic acids is 1. The summed E-state index contributed by atoms with van der Waals surface area (Å²) in [5.41, 5.74) is 0.954. The number of likely N-dealkylation sites (N-methyl/N-ethyl adjacent to an activating group) is 1. The van der Waals surface area contributed by atoms with Crippen LogP contribution in [0.15, 0.2) is 24.3 Å². The van der Waals surface area contributed by atoms with Crippen molar-refractivity contribution in [2.45, 2.75) is 26.4 Å². The first-order valence-electron chi connectivity index (χ1n) is 7.59. The van der Waals surface area contributed by atoms with Crippen LogP contribution in [0.1, 0.15) is 19.4 Å². The van der Waals surface area contributed by atoms with E-state index in [1.54, 1.807) is 0 Å². The van der Waals surface area contributed by atoms with Gasteiger partial charge in [-0.15, -0.1) is 0 Å². The van der Waals surface area contributed by atoms with Crippen molar-refractivity contribution in [1.29, 1.82) is 0 Å². The van der Waals surface area contributed by atoms with Crippen LogP contribution in [-0.4, -0.2) is 54.5 Å². The van der Waals surface area contributed by atoms with Gasteiger partial charge in [0.25, 0.3) is 0 Å². The van der Waals surface area contributed by atoms with E-state index in [0.717, 1.165) is 38.3 Å². The Balaban J connectivity index is 1.82. The van der Waals surface area contributed by atoms with Crippen molar-refractivity contribution >= 4 is 17.5 Å². The van der Waals surface area contributed by atoms with E-state index in [9.17, 15) is 4.79 Å². The highest BCUT2D eigenvalue weighted by molar-refractivity contribution is 6.31. The van der Waals surface area contributed by atoms with Crippen molar-refractivity contribution in [1.82, 2.24) is 15.1 Å². The standard InChI is InChI=1S/C16H24ClN3O/c1-3-19-8-10-20(11-9-19)13(2)16(21)18-12-14-6-4-5-7-15(14)17/h4-7,13H,3,8-12H2,1-2H3,(H,18,21). The van der Waals surface area contributed by atoms with Gasteiger partial charge in [-0.2, -0.15) is 0 Å². The molecule has 0 saturated carbocycles. The van der Waals surface area contributed by atoms with E-state index in [1.165, 1.54) is 0 Å². The van der Waals surface area contributed by atoms with Crippen LogP contribution in [0.5, 0.6) is 0 Å². The van der Waals surface area contributed by atoms with Gasteiger partial charge in [0.15, 0.2) is 0 Å². The molecule has 0 aliphatic carbocycles. The minimum atomic E-state index is -0.0912. The van der Waals surface area contributed by atoms with Crippen molar-refractivity contribution in [3.63, 3.8) is 0 Å². The summed E-state index contributed by atoms with van der Waals surface area (Å²) in [5, 5.41) is 3.68. The summed E-state index contributed by atoms with van der Waals surface area (Å²) in [6.45, 7) is 9.71. The van der Waals surface area contributed by atoms with E-state index in [4.69, 9.17) is 11.6 Å². The maximum Gasteiger partial charge on any atom is 0.237 e. The summed E-state index contributed by atoms with van der Waals surface area (Å²) in [6, 6.07) is 7.51. The van der Waals surface area contributed by atoms with Crippen molar-refractivity contribution in [2.75, 3.05) is 32.7 Å². The molecule has 1 amide bonds. The normalized spacial score (nSPS) is 18.4. The lowest BCUT2D eigenvalue weighted by Crippen LogP contribution is -2.53. The number of nitrogens with one attached hydrogen (secondary N) is 1. The molecule has 1 aliphatic heterocycles. The van der Waals surface area contributed by atoms with Gasteiger partial charge in [0, 0.05) is 37.7 Å². The Hall–Kier alpha value is -1.10. The molecule has 1 aliphatic rings. The van der Waals surface area contributed by atoms with Gasteiger partial charge in [-0.3, -0.25) is 9.69 Å². The number of rotatable bonds is 5. The summed E-state index contributed by atoms with van der Waals surface area (Å²) in [5.74, 6) is 0.0693. The molecule has 21 heavy (non-hydrogen) atoms. The lowest BCUT2D eigenvalue weighted by atomic mass is 10.2. The molecule has 1 saturated heterocycles. The van der Waals surface area contributed by atoms with Crippen LogP contribution in [0.2, 0.25) is 5.02 Å². The van der Waals surface area contributed by atoms with Gasteiger partial charge in [-0.25, -0.2) is 0 Å². The maximum atomic E-state index is 12.3. The van der Waals surface area contributed by atoms with Crippen LogP contribution < -0.4 is 5.32 Å². The molecule has 0 spiro atoms. The number of piperazine rings is 1. The van der Waals surface area contributed by atoms with Gasteiger partial charge in [-0.1, -0.05) is 36.7 Å². The zero-order chi connectivity index (χ0) is 15.2. The second-order valence-electron chi connectivity index (χ2n) is 5.46. The summed E-state index contributed by atoms with van der Waals surface area (Å²) in [7, 11) is 0. The van der Waals surface area contributed by atoms with Crippen molar-refractivity contribution in [3.05, 3.63) is 34.9 Å². The predicted octanol–water partition coefficient (Wildman–Crippen LogP) is 1.98. The predicted molar refractivity (Wildman–Crippen MR) is 86.4 cm³/mol. The molecule has 1 N–H and O–H groups in total. The number of benzene rings is 1. The van der Waals surface area contributed by atoms with E-state index in [1.807, 2.05) is 31.2 Å². The number of halogens is 1. The maximum absolute atomic E-state index is 12.3. The zero-order valence-electron chi connectivity index (χ0n) is 12.8. The Bertz CT molecular complexity index is 472. The van der Waals surface area contributed by atoms with Gasteiger partial charge in [0.2, 0.25) is 5.91 Å². The highest BCUT2D eigenvalue weighted by atomic mass is 35.5. The molecule has 1 heterocycles. The fourth-order valence-corrected chi connectivity index (χ4v) is 2.81. The molecule has 0 aromatic heterocycles. The second kappa shape index (κ2) is 7.78. The largest absolute Gasteiger partial charge is 0.351 e. The molecule has 0 bridgehead atoms. The number of amides is 1. The molecule has 1 aromatic rings. The number of nitrogens with zero attached hydrogens (tertiary/aromatic N) is 2. The third kappa shape index (κ3) is 4.43. The molecule has 1 atom stereocenters. The monoisotopic (exact) mass is 309 g/mol. The Labute approximate surface area is 132 Å². The van der Waals surface area contributed by atoms with E-state index in [-0.39, 0.29) is 11.9 Å². The number of hydrogen-bond donors (Lipinski definition) is 1. The molecule has 5 heteroatoms. The van der Waals surface area contributed by atoms with E-state index in [2.05, 4.69) is 22.0 Å². The molecule has 1 unspecified atom stereocenters. The fraction of sp³-hybridized carbons (Fsp3) is 0.562. The smallest absolute Gasteiger partial charge is 0.237 e. The first kappa shape index (κ1) is 16.3. The second-order valence-corrected chi connectivity index (χ2v) is 5.86. The molecular weight excluding hydrogens is 286 g/mol. The lowest BCUT2D eigenvalue weighted by Gasteiger charge is -2.36. The van der Waals surface area contributed by atoms with Gasteiger partial charge in [-0.05, 0) is 25.1 Å². The number of carbonyl (C=O) groups is 1. The molecule has 116 valence electrons. The minimum absolute atomic E-state index is 0.0693. The lowest BCUT2D eigenvalue weighted by molar-refractivity contribution is -0.126. The van der Waals surface area contributed by atoms with Crippen LogP contribution in [0, 0.1) is 0 Å². The first-order valence-corrected chi connectivity index (χ1v) is 7.97. The van der Waals surface area contributed by atoms with Crippen LogP contribution in [0.25, 0.3) is 0 Å². The summed E-state index contributed by atoms with van der Waals surface area (Å²) < 4.78 is 0. The molecule has 1 aromatic carbocycles. The summed E-state index contributed by atoms with van der Waals surface area (Å²) in [6.07, 6.45) is 0. The van der Waals surface area contributed by atoms with E-state index in [0.29, 0.717) is 11.6 Å². The Morgan fingerprint density at radius 1 is 1.29 bits per heavy atom. The Kier molecular flexibility index (Phi) is 6.03. The van der Waals surface area contributed by atoms with Gasteiger partial charge in [0.05, 0.1) is 6.04 Å². The van der Waals surface area contributed by atoms with E-state index < -0.39 is 0 Å². The minimum Gasteiger partial charge on any atom is -0.351 e. The highest BCUT2D eigenvalue weighted by Gasteiger charge is 2.24. The van der Waals surface area contributed by atoms with Crippen molar-refractivity contribution in [3.8, 4) is 0 Å². The zero-order valence-corrected chi connectivity index (χ0v) is 13.6. The first-order chi connectivity index (χ1) is 10.1. The SMILES string of the molecule is CCN1CCN(C(C)C(=O)NCc2ccccc2Cl)CC1. The number of hydrogen-bond acceptors (Lipinski definition) is 3. The topological polar surface area (TPSA) is 35.6 Å². The Morgan fingerprint density at radius 3 is 2.57 bits per heavy atom. The highest BCUT2D eigenvalue weighted by Crippen LogP contribution is 2.14. The molecular formula is C16H24ClN3O. The quantitative estimate of drug-likeness (QED) is 0.903. The average molecular weight is 310 g/mol. The third-order valence-electron chi connectivity index (χ3n) is 4.19. The van der Waals surface area contributed by atoms with Crippen molar-refractivity contribution < 1.29 is 4.79 Å². The molecule has 4 nitrogen and oxygen atoms in total.